The molecule has 11 heteroatoms. The van der Waals surface area contributed by atoms with Gasteiger partial charge >= 0.3 is 0 Å². The molecule has 24 heavy (non-hydrogen) atoms. The van der Waals surface area contributed by atoms with E-state index in [1.807, 2.05) is 0 Å². The van der Waals surface area contributed by atoms with Crippen LogP contribution in [0.5, 0.6) is 0 Å². The van der Waals surface area contributed by atoms with Crippen molar-refractivity contribution in [1.82, 2.24) is 10.4 Å². The summed E-state index contributed by atoms with van der Waals surface area (Å²) in [5.41, 5.74) is 7.94. The quantitative estimate of drug-likeness (QED) is 0.238. The third-order valence-corrected chi connectivity index (χ3v) is 3.57. The Morgan fingerprint density at radius 3 is 2.38 bits per heavy atom. The Kier molecular flexibility index (Phi) is 7.96. The third-order valence-electron chi connectivity index (χ3n) is 3.57. The second-order valence-electron chi connectivity index (χ2n) is 5.35. The molecule has 0 saturated carbocycles. The van der Waals surface area contributed by atoms with E-state index < -0.39 is 61.8 Å². The maximum Gasteiger partial charge on any atom is 0.244 e. The number of nitrogens with zero attached hydrogens (tertiary/aromatic N) is 1. The van der Waals surface area contributed by atoms with Gasteiger partial charge in [-0.05, 0) is 0 Å². The van der Waals surface area contributed by atoms with Gasteiger partial charge < -0.3 is 35.6 Å². The van der Waals surface area contributed by atoms with Crippen LogP contribution in [0.3, 0.4) is 0 Å². The van der Waals surface area contributed by atoms with Crippen molar-refractivity contribution in [3.05, 3.63) is 0 Å². The predicted octanol–water partition coefficient (Wildman–Crippen LogP) is -3.97. The zero-order valence-electron chi connectivity index (χ0n) is 13.5. The monoisotopic (exact) mass is 351 g/mol. The molecule has 0 aliphatic carbocycles. The van der Waals surface area contributed by atoms with E-state index in [2.05, 4.69) is 5.43 Å². The number of rotatable bonds is 8. The van der Waals surface area contributed by atoms with E-state index in [9.17, 15) is 24.9 Å². The van der Waals surface area contributed by atoms with Gasteiger partial charge in [0.25, 0.3) is 0 Å². The number of hydrogen-bond acceptors (Lipinski definition) is 9. The molecule has 0 aromatic heterocycles. The second kappa shape index (κ2) is 9.22. The number of nitrogens with one attached hydrogen (secondary N) is 1. The lowest BCUT2D eigenvalue weighted by Crippen LogP contribution is -2.61. The van der Waals surface area contributed by atoms with Crippen LogP contribution in [0.2, 0.25) is 0 Å². The molecule has 1 aliphatic heterocycles. The number of ether oxygens (including phenoxy) is 2. The van der Waals surface area contributed by atoms with E-state index in [4.69, 9.17) is 20.3 Å². The average Bonchev–Trinajstić information content (AvgIpc) is 2.53. The average molecular weight is 351 g/mol. The van der Waals surface area contributed by atoms with Crippen molar-refractivity contribution in [2.75, 3.05) is 19.8 Å². The Labute approximate surface area is 138 Å². The molecular formula is C13H25N3O8. The Balaban J connectivity index is 2.78. The molecule has 11 nitrogen and oxygen atoms in total. The van der Waals surface area contributed by atoms with Crippen LogP contribution < -0.4 is 11.2 Å². The SMILES string of the molecule is CCNN(C(C)=O)[C@@H](CO[C@@H]1OC(CO)[C@@H](O)C(O)C1O)C(N)=O. The normalized spacial score (nSPS) is 31.5. The summed E-state index contributed by atoms with van der Waals surface area (Å²) >= 11 is 0. The highest BCUT2D eigenvalue weighted by Gasteiger charge is 2.44. The molecule has 1 heterocycles. The number of aliphatic hydroxyl groups is 4. The molecule has 1 rings (SSSR count). The number of hydrazine groups is 1. The van der Waals surface area contributed by atoms with Crippen LogP contribution in [0.15, 0.2) is 0 Å². The minimum Gasteiger partial charge on any atom is -0.394 e. The molecule has 0 radical (unpaired) electrons. The first-order valence-electron chi connectivity index (χ1n) is 7.49. The Bertz CT molecular complexity index is 435. The first kappa shape index (κ1) is 20.7. The Morgan fingerprint density at radius 1 is 1.29 bits per heavy atom. The van der Waals surface area contributed by atoms with Gasteiger partial charge in [0.1, 0.15) is 30.5 Å². The van der Waals surface area contributed by atoms with Crippen molar-refractivity contribution in [3.63, 3.8) is 0 Å². The van der Waals surface area contributed by atoms with Gasteiger partial charge in [0, 0.05) is 13.5 Å². The predicted molar refractivity (Wildman–Crippen MR) is 78.9 cm³/mol. The summed E-state index contributed by atoms with van der Waals surface area (Å²) in [6, 6.07) is -1.19. The van der Waals surface area contributed by atoms with Crippen LogP contribution in [0.1, 0.15) is 13.8 Å². The maximum atomic E-state index is 11.6. The van der Waals surface area contributed by atoms with Crippen LogP contribution in [0.4, 0.5) is 0 Å². The standard InChI is InChI=1S/C13H25N3O8/c1-3-15-16(6(2)18)7(12(14)22)5-23-13-11(21)10(20)9(19)8(4-17)24-13/h7-11,13,15,17,19-21H,3-5H2,1-2H3,(H2,14,22)/t7-,8?,9+,10?,11?,13+/m0/s1. The molecule has 6 atom stereocenters. The fraction of sp³-hybridized carbons (Fsp3) is 0.846. The van der Waals surface area contributed by atoms with Crippen LogP contribution in [0, 0.1) is 0 Å². The van der Waals surface area contributed by atoms with E-state index >= 15 is 0 Å². The minimum atomic E-state index is -1.61. The highest BCUT2D eigenvalue weighted by molar-refractivity contribution is 5.85. The number of carbonyl (C=O) groups excluding carboxylic acids is 2. The van der Waals surface area contributed by atoms with Gasteiger partial charge in [-0.3, -0.25) is 14.6 Å². The number of aliphatic hydroxyl groups excluding tert-OH is 4. The summed E-state index contributed by atoms with van der Waals surface area (Å²) < 4.78 is 10.4. The van der Waals surface area contributed by atoms with Crippen LogP contribution in [-0.2, 0) is 19.1 Å². The van der Waals surface area contributed by atoms with E-state index in [1.54, 1.807) is 6.92 Å². The van der Waals surface area contributed by atoms with E-state index in [-0.39, 0.29) is 0 Å². The van der Waals surface area contributed by atoms with Crippen LogP contribution in [-0.4, -0.2) is 93.8 Å². The fourth-order valence-electron chi connectivity index (χ4n) is 2.29. The first-order valence-corrected chi connectivity index (χ1v) is 7.49. The van der Waals surface area contributed by atoms with Gasteiger partial charge in [0.05, 0.1) is 13.2 Å². The summed E-state index contributed by atoms with van der Waals surface area (Å²) in [5.74, 6) is -1.33. The molecule has 7 N–H and O–H groups in total. The molecule has 1 fully saturated rings. The number of carbonyl (C=O) groups is 2. The molecule has 2 amide bonds. The summed E-state index contributed by atoms with van der Waals surface area (Å²) in [4.78, 5) is 23.2. The molecule has 0 aromatic carbocycles. The van der Waals surface area contributed by atoms with Gasteiger partial charge in [-0.1, -0.05) is 6.92 Å². The highest BCUT2D eigenvalue weighted by Crippen LogP contribution is 2.22. The summed E-state index contributed by atoms with van der Waals surface area (Å²) in [7, 11) is 0. The molecule has 1 saturated heterocycles. The number of hydrogen-bond donors (Lipinski definition) is 6. The Morgan fingerprint density at radius 2 is 1.92 bits per heavy atom. The van der Waals surface area contributed by atoms with E-state index in [0.717, 1.165) is 5.01 Å². The van der Waals surface area contributed by atoms with Crippen molar-refractivity contribution in [1.29, 1.82) is 0 Å². The van der Waals surface area contributed by atoms with Crippen molar-refractivity contribution in [3.8, 4) is 0 Å². The first-order chi connectivity index (χ1) is 11.2. The van der Waals surface area contributed by atoms with E-state index in [0.29, 0.717) is 6.54 Å². The summed E-state index contributed by atoms with van der Waals surface area (Å²) in [6.07, 6.45) is -7.30. The summed E-state index contributed by atoms with van der Waals surface area (Å²) in [5, 5.41) is 39.3. The fourth-order valence-corrected chi connectivity index (χ4v) is 2.29. The number of primary amides is 1. The van der Waals surface area contributed by atoms with Crippen molar-refractivity contribution < 1.29 is 39.5 Å². The molecule has 3 unspecified atom stereocenters. The van der Waals surface area contributed by atoms with Crippen molar-refractivity contribution in [2.24, 2.45) is 5.73 Å². The number of nitrogens with two attached hydrogens (primary N) is 1. The maximum absolute atomic E-state index is 11.6. The Hall–Kier alpha value is -1.34. The van der Waals surface area contributed by atoms with Gasteiger partial charge in [-0.25, -0.2) is 5.43 Å². The van der Waals surface area contributed by atoms with E-state index in [1.165, 1.54) is 6.92 Å². The molecule has 0 aromatic rings. The molecule has 0 spiro atoms. The zero-order valence-corrected chi connectivity index (χ0v) is 13.5. The summed E-state index contributed by atoms with van der Waals surface area (Å²) in [6.45, 7) is 2.26. The molecule has 0 bridgehead atoms. The third kappa shape index (κ3) is 4.83. The van der Waals surface area contributed by atoms with Crippen LogP contribution in [0.25, 0.3) is 0 Å². The van der Waals surface area contributed by atoms with Gasteiger partial charge in [0.15, 0.2) is 6.29 Å². The molecule has 1 aliphatic rings. The number of amides is 2. The highest BCUT2D eigenvalue weighted by atomic mass is 16.7. The van der Waals surface area contributed by atoms with Gasteiger partial charge in [0.2, 0.25) is 11.8 Å². The lowest BCUT2D eigenvalue weighted by Gasteiger charge is -2.40. The zero-order chi connectivity index (χ0) is 18.4. The topological polar surface area (TPSA) is 175 Å². The lowest BCUT2D eigenvalue weighted by molar-refractivity contribution is -0.302. The minimum absolute atomic E-state index is 0.351. The van der Waals surface area contributed by atoms with Crippen molar-refractivity contribution >= 4 is 11.8 Å². The van der Waals surface area contributed by atoms with Gasteiger partial charge in [-0.2, -0.15) is 0 Å². The molecular weight excluding hydrogens is 326 g/mol. The largest absolute Gasteiger partial charge is 0.394 e. The lowest BCUT2D eigenvalue weighted by atomic mass is 9.99. The second-order valence-corrected chi connectivity index (χ2v) is 5.35. The van der Waals surface area contributed by atoms with Crippen LogP contribution >= 0.6 is 0 Å². The van der Waals surface area contributed by atoms with Gasteiger partial charge in [-0.15, -0.1) is 0 Å². The smallest absolute Gasteiger partial charge is 0.244 e. The molecule has 140 valence electrons. The van der Waals surface area contributed by atoms with Crippen molar-refractivity contribution in [2.45, 2.75) is 50.6 Å².